The molecule has 0 aromatic rings. The van der Waals surface area contributed by atoms with Crippen molar-refractivity contribution in [3.63, 3.8) is 0 Å². The molecule has 0 aromatic carbocycles. The van der Waals surface area contributed by atoms with E-state index in [-0.39, 0.29) is 0 Å². The number of rotatable bonds is 0. The van der Waals surface area contributed by atoms with Gasteiger partial charge in [0.25, 0.3) is 0 Å². The third-order valence-electron chi connectivity index (χ3n) is 2.23. The number of allylic oxidation sites excluding steroid dienone is 8. The number of hydrogen-bond acceptors (Lipinski definition) is 0. The molecule has 0 radical (unpaired) electrons. The van der Waals surface area contributed by atoms with E-state index in [2.05, 4.69) is 48.6 Å². The summed E-state index contributed by atoms with van der Waals surface area (Å²) >= 11 is 0. The van der Waals surface area contributed by atoms with Crippen molar-refractivity contribution in [2.45, 2.75) is 38.5 Å². The highest BCUT2D eigenvalue weighted by Crippen LogP contribution is 2.02. The Bertz CT molecular complexity index is 228. The van der Waals surface area contributed by atoms with Crippen LogP contribution in [-0.2, 0) is 0 Å². The van der Waals surface area contributed by atoms with Gasteiger partial charge in [-0.3, -0.25) is 0 Å². The van der Waals surface area contributed by atoms with E-state index in [1.165, 1.54) is 25.7 Å². The van der Waals surface area contributed by atoms with Gasteiger partial charge in [-0.15, -0.1) is 0 Å². The summed E-state index contributed by atoms with van der Waals surface area (Å²) in [4.78, 5) is 0. The molecule has 0 bridgehead atoms. The molecule has 0 nitrogen and oxygen atoms in total. The normalized spacial score (nSPS) is 28.6. The van der Waals surface area contributed by atoms with E-state index in [0.29, 0.717) is 0 Å². The second-order valence-corrected chi connectivity index (χ2v) is 3.54. The average molecular weight is 188 g/mol. The second-order valence-electron chi connectivity index (χ2n) is 3.54. The van der Waals surface area contributed by atoms with Crippen molar-refractivity contribution in [3.8, 4) is 0 Å². The summed E-state index contributed by atoms with van der Waals surface area (Å²) in [5.41, 5.74) is 0. The Hall–Kier alpha value is -1.04. The Balaban J connectivity index is 2.35. The lowest BCUT2D eigenvalue weighted by molar-refractivity contribution is 0.860. The third kappa shape index (κ3) is 6.47. The molecule has 14 heavy (non-hydrogen) atoms. The molecule has 0 aromatic heterocycles. The predicted molar refractivity (Wildman–Crippen MR) is 64.3 cm³/mol. The van der Waals surface area contributed by atoms with Crippen molar-refractivity contribution in [1.29, 1.82) is 0 Å². The zero-order chi connectivity index (χ0) is 9.90. The highest BCUT2D eigenvalue weighted by Gasteiger charge is 1.82. The van der Waals surface area contributed by atoms with E-state index in [0.717, 1.165) is 12.8 Å². The summed E-state index contributed by atoms with van der Waals surface area (Å²) in [5.74, 6) is 0. The third-order valence-corrected chi connectivity index (χ3v) is 2.23. The van der Waals surface area contributed by atoms with Gasteiger partial charge in [-0.1, -0.05) is 48.6 Å². The smallest absolute Gasteiger partial charge is 0.0166 e. The van der Waals surface area contributed by atoms with Crippen LogP contribution >= 0.6 is 0 Å². The molecule has 1 rings (SSSR count). The summed E-state index contributed by atoms with van der Waals surface area (Å²) in [6.45, 7) is 0. The predicted octanol–water partition coefficient (Wildman–Crippen LogP) is 4.57. The Morgan fingerprint density at radius 1 is 0.500 bits per heavy atom. The van der Waals surface area contributed by atoms with Crippen LogP contribution in [0, 0.1) is 0 Å². The average Bonchev–Trinajstić information content (AvgIpc) is 2.22. The lowest BCUT2D eigenvalue weighted by atomic mass is 10.2. The zero-order valence-corrected chi connectivity index (χ0v) is 8.86. The first-order chi connectivity index (χ1) is 7.00. The van der Waals surface area contributed by atoms with Crippen LogP contribution in [0.5, 0.6) is 0 Å². The van der Waals surface area contributed by atoms with Gasteiger partial charge in [0.15, 0.2) is 0 Å². The molecule has 0 aliphatic heterocycles. The van der Waals surface area contributed by atoms with Crippen molar-refractivity contribution in [2.24, 2.45) is 0 Å². The maximum absolute atomic E-state index is 2.31. The topological polar surface area (TPSA) is 0 Å². The molecular formula is C14H20. The first-order valence-corrected chi connectivity index (χ1v) is 5.62. The van der Waals surface area contributed by atoms with Crippen molar-refractivity contribution in [2.75, 3.05) is 0 Å². The fourth-order valence-electron chi connectivity index (χ4n) is 1.41. The monoisotopic (exact) mass is 188 g/mol. The quantitative estimate of drug-likeness (QED) is 0.489. The van der Waals surface area contributed by atoms with Crippen LogP contribution in [0.2, 0.25) is 0 Å². The van der Waals surface area contributed by atoms with Gasteiger partial charge in [-0.25, -0.2) is 0 Å². The first kappa shape index (κ1) is 11.0. The van der Waals surface area contributed by atoms with Crippen LogP contribution in [0.1, 0.15) is 38.5 Å². The molecular weight excluding hydrogens is 168 g/mol. The van der Waals surface area contributed by atoms with E-state index in [9.17, 15) is 0 Å². The van der Waals surface area contributed by atoms with E-state index in [1.807, 2.05) is 0 Å². The van der Waals surface area contributed by atoms with Gasteiger partial charge in [0.2, 0.25) is 0 Å². The van der Waals surface area contributed by atoms with Crippen LogP contribution in [0.15, 0.2) is 48.6 Å². The standard InChI is InChI=1S/C14H20/c1-2-4-6-8-10-12-14-13-11-9-7-5-3-1/h1-4,7,9-10,12H,5-6,8,11,13-14H2/b3-1-,4-2+,9-7-,12-10+. The maximum Gasteiger partial charge on any atom is -0.0166 e. The molecule has 76 valence electrons. The Kier molecular flexibility index (Phi) is 6.74. The molecule has 0 saturated heterocycles. The highest BCUT2D eigenvalue weighted by atomic mass is 13.9. The van der Waals surface area contributed by atoms with Gasteiger partial charge in [-0.05, 0) is 38.5 Å². The van der Waals surface area contributed by atoms with Crippen molar-refractivity contribution < 1.29 is 0 Å². The highest BCUT2D eigenvalue weighted by molar-refractivity contribution is 5.05. The largest absolute Gasteiger partial charge is 0.0885 e. The first-order valence-electron chi connectivity index (χ1n) is 5.62. The van der Waals surface area contributed by atoms with Crippen LogP contribution in [-0.4, -0.2) is 0 Å². The van der Waals surface area contributed by atoms with E-state index < -0.39 is 0 Å². The van der Waals surface area contributed by atoms with Gasteiger partial charge in [0, 0.05) is 0 Å². The van der Waals surface area contributed by atoms with Crippen molar-refractivity contribution in [3.05, 3.63) is 48.6 Å². The minimum atomic E-state index is 1.07. The molecule has 0 spiro atoms. The van der Waals surface area contributed by atoms with Gasteiger partial charge < -0.3 is 0 Å². The van der Waals surface area contributed by atoms with Gasteiger partial charge >= 0.3 is 0 Å². The molecule has 1 aliphatic carbocycles. The molecule has 0 amide bonds. The fraction of sp³-hybridized carbons (Fsp3) is 0.429. The minimum Gasteiger partial charge on any atom is -0.0885 e. The number of hydrogen-bond donors (Lipinski definition) is 0. The lowest BCUT2D eigenvalue weighted by Gasteiger charge is -1.91. The molecule has 0 unspecified atom stereocenters. The Morgan fingerprint density at radius 2 is 1.14 bits per heavy atom. The summed E-state index contributed by atoms with van der Waals surface area (Å²) in [6, 6.07) is 0. The van der Waals surface area contributed by atoms with Gasteiger partial charge in [-0.2, -0.15) is 0 Å². The van der Waals surface area contributed by atoms with Crippen LogP contribution in [0.4, 0.5) is 0 Å². The Morgan fingerprint density at radius 3 is 2.07 bits per heavy atom. The fourth-order valence-corrected chi connectivity index (χ4v) is 1.41. The molecule has 1 aliphatic rings. The SMILES string of the molecule is C1=C\C/C=C\CCC/C=C/CC/C=C/1. The molecule has 0 N–H and O–H groups in total. The van der Waals surface area contributed by atoms with E-state index in [1.54, 1.807) is 0 Å². The molecule has 0 fully saturated rings. The second kappa shape index (κ2) is 8.55. The lowest BCUT2D eigenvalue weighted by Crippen LogP contribution is -1.71. The zero-order valence-electron chi connectivity index (χ0n) is 8.86. The van der Waals surface area contributed by atoms with E-state index in [4.69, 9.17) is 0 Å². The van der Waals surface area contributed by atoms with E-state index >= 15 is 0 Å². The van der Waals surface area contributed by atoms with Gasteiger partial charge in [0.05, 0.1) is 0 Å². The summed E-state index contributed by atoms with van der Waals surface area (Å²) < 4.78 is 0. The molecule has 0 heteroatoms. The van der Waals surface area contributed by atoms with Crippen LogP contribution in [0.25, 0.3) is 0 Å². The van der Waals surface area contributed by atoms with Gasteiger partial charge in [0.1, 0.15) is 0 Å². The van der Waals surface area contributed by atoms with Crippen molar-refractivity contribution >= 4 is 0 Å². The minimum absolute atomic E-state index is 1.07. The molecule has 0 atom stereocenters. The summed E-state index contributed by atoms with van der Waals surface area (Å²) in [6.07, 6.45) is 25.0. The maximum atomic E-state index is 2.31. The summed E-state index contributed by atoms with van der Waals surface area (Å²) in [5, 5.41) is 0. The van der Waals surface area contributed by atoms with Crippen LogP contribution in [0.3, 0.4) is 0 Å². The molecule has 0 heterocycles. The van der Waals surface area contributed by atoms with Crippen LogP contribution < -0.4 is 0 Å². The molecule has 0 saturated carbocycles. The summed E-state index contributed by atoms with van der Waals surface area (Å²) in [7, 11) is 0. The Labute approximate surface area is 87.7 Å². The van der Waals surface area contributed by atoms with Crippen molar-refractivity contribution in [1.82, 2.24) is 0 Å².